The second-order valence-electron chi connectivity index (χ2n) is 8.62. The highest BCUT2D eigenvalue weighted by molar-refractivity contribution is 5.82. The van der Waals surface area contributed by atoms with Gasteiger partial charge in [0, 0.05) is 36.9 Å². The van der Waals surface area contributed by atoms with Crippen LogP contribution in [0.1, 0.15) is 48.6 Å². The Morgan fingerprint density at radius 1 is 1.21 bits per heavy atom. The van der Waals surface area contributed by atoms with Crippen molar-refractivity contribution in [1.82, 2.24) is 14.9 Å². The minimum absolute atomic E-state index is 0.0401. The van der Waals surface area contributed by atoms with Gasteiger partial charge in [0.25, 0.3) is 0 Å². The molecule has 1 aromatic heterocycles. The van der Waals surface area contributed by atoms with Crippen LogP contribution in [0.15, 0.2) is 30.6 Å². The summed E-state index contributed by atoms with van der Waals surface area (Å²) in [7, 11) is 0. The molecule has 1 amide bonds. The number of anilines is 1. The third-order valence-electron chi connectivity index (χ3n) is 6.36. The molecule has 0 bridgehead atoms. The summed E-state index contributed by atoms with van der Waals surface area (Å²) in [6, 6.07) is 7.94. The fraction of sp³-hybridized carbons (Fsp3) is 0.522. The van der Waals surface area contributed by atoms with Gasteiger partial charge in [-0.2, -0.15) is 0 Å². The standard InChI is InChI=1S/C23H31N5O/c1-15-4-7-18(8-5-15)12-19(24)23(29)27-10-11-28(17(3)13-27)22-21-16(2)6-9-20(21)25-14-26-22/h4-5,7-8,14,16-17,19H,6,9-13,24H2,1-3H3/t16-,17+,19-/m1/s1. The van der Waals surface area contributed by atoms with Gasteiger partial charge in [0.2, 0.25) is 5.91 Å². The first kappa shape index (κ1) is 19.8. The highest BCUT2D eigenvalue weighted by Crippen LogP contribution is 2.38. The Balaban J connectivity index is 1.42. The Kier molecular flexibility index (Phi) is 5.54. The van der Waals surface area contributed by atoms with E-state index >= 15 is 0 Å². The van der Waals surface area contributed by atoms with Crippen molar-refractivity contribution >= 4 is 11.7 Å². The molecular formula is C23H31N5O. The van der Waals surface area contributed by atoms with Gasteiger partial charge in [-0.1, -0.05) is 36.8 Å². The maximum atomic E-state index is 13.0. The molecule has 0 spiro atoms. The van der Waals surface area contributed by atoms with Gasteiger partial charge in [0.1, 0.15) is 12.1 Å². The van der Waals surface area contributed by atoms with E-state index in [9.17, 15) is 4.79 Å². The van der Waals surface area contributed by atoms with Gasteiger partial charge < -0.3 is 15.5 Å². The molecule has 4 rings (SSSR count). The van der Waals surface area contributed by atoms with Crippen molar-refractivity contribution in [1.29, 1.82) is 0 Å². The van der Waals surface area contributed by atoms with E-state index in [-0.39, 0.29) is 11.9 Å². The molecule has 154 valence electrons. The lowest BCUT2D eigenvalue weighted by Crippen LogP contribution is -2.57. The molecule has 29 heavy (non-hydrogen) atoms. The van der Waals surface area contributed by atoms with E-state index in [1.807, 2.05) is 4.90 Å². The van der Waals surface area contributed by atoms with Gasteiger partial charge in [0.15, 0.2) is 0 Å². The van der Waals surface area contributed by atoms with E-state index in [2.05, 4.69) is 59.9 Å². The predicted octanol–water partition coefficient (Wildman–Crippen LogP) is 2.44. The maximum Gasteiger partial charge on any atom is 0.239 e. The first-order chi connectivity index (χ1) is 13.9. The van der Waals surface area contributed by atoms with Crippen LogP contribution in [-0.4, -0.2) is 52.5 Å². The molecule has 1 aliphatic carbocycles. The van der Waals surface area contributed by atoms with E-state index < -0.39 is 6.04 Å². The summed E-state index contributed by atoms with van der Waals surface area (Å²) < 4.78 is 0. The monoisotopic (exact) mass is 393 g/mol. The van der Waals surface area contributed by atoms with Crippen LogP contribution >= 0.6 is 0 Å². The normalized spacial score (nSPS) is 22.5. The molecule has 2 aromatic rings. The summed E-state index contributed by atoms with van der Waals surface area (Å²) in [6.07, 6.45) is 4.44. The number of piperazine rings is 1. The third-order valence-corrected chi connectivity index (χ3v) is 6.36. The molecule has 0 saturated carbocycles. The van der Waals surface area contributed by atoms with Gasteiger partial charge in [0.05, 0.1) is 6.04 Å². The van der Waals surface area contributed by atoms with Gasteiger partial charge in [-0.15, -0.1) is 0 Å². The molecule has 1 saturated heterocycles. The SMILES string of the molecule is Cc1ccc(C[C@@H](N)C(=O)N2CCN(c3ncnc4c3[C@H](C)CC4)[C@@H](C)C2)cc1. The number of carbonyl (C=O) groups excluding carboxylic acids is 1. The zero-order valence-electron chi connectivity index (χ0n) is 17.6. The van der Waals surface area contributed by atoms with Crippen LogP contribution in [0.25, 0.3) is 0 Å². The van der Waals surface area contributed by atoms with Crippen molar-refractivity contribution in [2.45, 2.75) is 58.0 Å². The zero-order valence-corrected chi connectivity index (χ0v) is 17.6. The van der Waals surface area contributed by atoms with Gasteiger partial charge in [-0.25, -0.2) is 9.97 Å². The average molecular weight is 394 g/mol. The minimum Gasteiger partial charge on any atom is -0.350 e. The van der Waals surface area contributed by atoms with E-state index in [0.29, 0.717) is 25.4 Å². The van der Waals surface area contributed by atoms with Crippen LogP contribution in [0, 0.1) is 6.92 Å². The van der Waals surface area contributed by atoms with Crippen molar-refractivity contribution in [3.05, 3.63) is 53.0 Å². The highest BCUT2D eigenvalue weighted by atomic mass is 16.2. The molecule has 1 aliphatic heterocycles. The number of carbonyl (C=O) groups is 1. The zero-order chi connectivity index (χ0) is 20.5. The third kappa shape index (κ3) is 3.99. The highest BCUT2D eigenvalue weighted by Gasteiger charge is 2.33. The Labute approximate surface area is 173 Å². The molecule has 6 heteroatoms. The summed E-state index contributed by atoms with van der Waals surface area (Å²) in [5, 5.41) is 0. The molecule has 2 heterocycles. The van der Waals surface area contributed by atoms with Crippen LogP contribution in [0.4, 0.5) is 5.82 Å². The number of hydrogen-bond donors (Lipinski definition) is 1. The second kappa shape index (κ2) is 8.11. The molecule has 1 fully saturated rings. The molecule has 3 atom stereocenters. The number of hydrogen-bond acceptors (Lipinski definition) is 5. The van der Waals surface area contributed by atoms with Crippen LogP contribution < -0.4 is 10.6 Å². The number of benzene rings is 1. The fourth-order valence-corrected chi connectivity index (χ4v) is 4.62. The smallest absolute Gasteiger partial charge is 0.239 e. The largest absolute Gasteiger partial charge is 0.350 e. The summed E-state index contributed by atoms with van der Waals surface area (Å²) in [6.45, 7) is 8.61. The van der Waals surface area contributed by atoms with Gasteiger partial charge >= 0.3 is 0 Å². The lowest BCUT2D eigenvalue weighted by atomic mass is 10.0. The maximum absolute atomic E-state index is 13.0. The fourth-order valence-electron chi connectivity index (χ4n) is 4.62. The van der Waals surface area contributed by atoms with Crippen LogP contribution in [0.5, 0.6) is 0 Å². The average Bonchev–Trinajstić information content (AvgIpc) is 3.10. The molecule has 2 aliphatic rings. The lowest BCUT2D eigenvalue weighted by molar-refractivity contribution is -0.133. The summed E-state index contributed by atoms with van der Waals surface area (Å²) >= 11 is 0. The number of amides is 1. The number of fused-ring (bicyclic) bond motifs is 1. The number of nitrogens with two attached hydrogens (primary N) is 1. The molecular weight excluding hydrogens is 362 g/mol. The number of aromatic nitrogens is 2. The Hall–Kier alpha value is -2.47. The van der Waals surface area contributed by atoms with E-state index in [4.69, 9.17) is 5.73 Å². The summed E-state index contributed by atoms with van der Waals surface area (Å²) in [5.74, 6) is 1.60. The summed E-state index contributed by atoms with van der Waals surface area (Å²) in [4.78, 5) is 26.3. The molecule has 1 aromatic carbocycles. The Morgan fingerprint density at radius 3 is 2.69 bits per heavy atom. The first-order valence-electron chi connectivity index (χ1n) is 10.6. The minimum atomic E-state index is -0.500. The number of aryl methyl sites for hydroxylation is 2. The number of rotatable bonds is 4. The molecule has 2 N–H and O–H groups in total. The molecule has 6 nitrogen and oxygen atoms in total. The van der Waals surface area contributed by atoms with Crippen LogP contribution in [0.3, 0.4) is 0 Å². The van der Waals surface area contributed by atoms with E-state index in [0.717, 1.165) is 30.8 Å². The number of nitrogens with zero attached hydrogens (tertiary/aromatic N) is 4. The second-order valence-corrected chi connectivity index (χ2v) is 8.62. The van der Waals surface area contributed by atoms with Gasteiger partial charge in [-0.05, 0) is 44.6 Å². The predicted molar refractivity (Wildman–Crippen MR) is 115 cm³/mol. The molecule has 0 unspecified atom stereocenters. The Bertz CT molecular complexity index is 881. The van der Waals surface area contributed by atoms with Crippen molar-refractivity contribution < 1.29 is 4.79 Å². The molecule has 0 radical (unpaired) electrons. The van der Waals surface area contributed by atoms with Crippen LogP contribution in [-0.2, 0) is 17.6 Å². The van der Waals surface area contributed by atoms with Crippen LogP contribution in [0.2, 0.25) is 0 Å². The van der Waals surface area contributed by atoms with Gasteiger partial charge in [-0.3, -0.25) is 4.79 Å². The Morgan fingerprint density at radius 2 is 1.97 bits per heavy atom. The first-order valence-corrected chi connectivity index (χ1v) is 10.6. The van der Waals surface area contributed by atoms with Crippen molar-refractivity contribution in [2.75, 3.05) is 24.5 Å². The van der Waals surface area contributed by atoms with Crippen molar-refractivity contribution in [3.8, 4) is 0 Å². The van der Waals surface area contributed by atoms with E-state index in [1.165, 1.54) is 16.8 Å². The van der Waals surface area contributed by atoms with E-state index in [1.54, 1.807) is 6.33 Å². The van der Waals surface area contributed by atoms with Crippen molar-refractivity contribution in [3.63, 3.8) is 0 Å². The summed E-state index contributed by atoms with van der Waals surface area (Å²) in [5.41, 5.74) is 11.1. The topological polar surface area (TPSA) is 75.4 Å². The lowest BCUT2D eigenvalue weighted by Gasteiger charge is -2.42. The van der Waals surface area contributed by atoms with Crippen molar-refractivity contribution in [2.24, 2.45) is 5.73 Å². The quantitative estimate of drug-likeness (QED) is 0.864.